The fraction of sp³-hybridized carbons (Fsp3) is 0.630. The zero-order valence-electron chi connectivity index (χ0n) is 23.2. The second kappa shape index (κ2) is 12.2. The van der Waals surface area contributed by atoms with Crippen molar-refractivity contribution in [3.8, 4) is 0 Å². The first kappa shape index (κ1) is 30.5. The van der Waals surface area contributed by atoms with E-state index in [1.807, 2.05) is 60.5 Å². The summed E-state index contributed by atoms with van der Waals surface area (Å²) in [6.45, 7) is 14.3. The number of rotatable bonds is 12. The lowest BCUT2D eigenvalue weighted by Crippen LogP contribution is -2.41. The van der Waals surface area contributed by atoms with Crippen molar-refractivity contribution < 1.29 is 28.0 Å². The molecule has 1 unspecified atom stereocenters. The molecule has 1 heterocycles. The van der Waals surface area contributed by atoms with Crippen LogP contribution < -0.4 is 0 Å². The molecule has 1 saturated heterocycles. The van der Waals surface area contributed by atoms with Crippen LogP contribution in [0.5, 0.6) is 0 Å². The summed E-state index contributed by atoms with van der Waals surface area (Å²) in [5.74, 6) is 1.65. The number of allylic oxidation sites excluding steroid dienone is 1. The number of hydrogen-bond donors (Lipinski definition) is 0. The molecule has 0 radical (unpaired) electrons. The van der Waals surface area contributed by atoms with Gasteiger partial charge in [-0.1, -0.05) is 36.7 Å². The average Bonchev–Trinajstić information content (AvgIpc) is 2.97. The highest BCUT2D eigenvalue weighted by molar-refractivity contribution is 7.59. The SMILES string of the molecule is CN(CCCCCP(=O)(C/C=C/B1OC(C)(C)C(C)(C)O1)OC(C)(C)C)C(=O)c1ccccc1C=O. The molecule has 36 heavy (non-hydrogen) atoms. The molecule has 1 atom stereocenters. The standard InChI is InChI=1S/C27H43BNO6P/c1-25(2,3)35-36(32,20-14-17-28-33-26(4,5)27(6,7)34-28)19-13-9-12-18-29(8)24(31)23-16-11-10-15-22(23)21-30/h10-11,14-17,21H,9,12-13,18-20H2,1-8H3/b17-14+. The summed E-state index contributed by atoms with van der Waals surface area (Å²) in [6.07, 6.45) is 5.64. The van der Waals surface area contributed by atoms with Crippen molar-refractivity contribution in [3.63, 3.8) is 0 Å². The van der Waals surface area contributed by atoms with E-state index in [9.17, 15) is 14.2 Å². The molecule has 0 saturated carbocycles. The topological polar surface area (TPSA) is 82.1 Å². The zero-order valence-corrected chi connectivity index (χ0v) is 24.1. The van der Waals surface area contributed by atoms with Crippen LogP contribution in [0.4, 0.5) is 0 Å². The van der Waals surface area contributed by atoms with E-state index >= 15 is 0 Å². The summed E-state index contributed by atoms with van der Waals surface area (Å²) in [5.41, 5.74) is -0.559. The van der Waals surface area contributed by atoms with Gasteiger partial charge in [0.05, 0.1) is 22.4 Å². The maximum absolute atomic E-state index is 13.7. The Morgan fingerprint density at radius 3 is 2.28 bits per heavy atom. The van der Waals surface area contributed by atoms with Crippen LogP contribution >= 0.6 is 7.37 Å². The highest BCUT2D eigenvalue weighted by Crippen LogP contribution is 2.51. The Morgan fingerprint density at radius 1 is 1.08 bits per heavy atom. The highest BCUT2D eigenvalue weighted by atomic mass is 31.2. The Bertz CT molecular complexity index is 969. The van der Waals surface area contributed by atoms with Crippen molar-refractivity contribution in [1.82, 2.24) is 4.90 Å². The molecule has 7 nitrogen and oxygen atoms in total. The van der Waals surface area contributed by atoms with E-state index in [0.29, 0.717) is 36.3 Å². The van der Waals surface area contributed by atoms with Crippen LogP contribution in [-0.2, 0) is 18.4 Å². The molecule has 1 aliphatic rings. The van der Waals surface area contributed by atoms with Gasteiger partial charge in [0.1, 0.15) is 0 Å². The van der Waals surface area contributed by atoms with Gasteiger partial charge in [0, 0.05) is 31.5 Å². The van der Waals surface area contributed by atoms with Gasteiger partial charge in [0.2, 0.25) is 7.37 Å². The summed E-state index contributed by atoms with van der Waals surface area (Å²) in [4.78, 5) is 25.5. The number of aldehydes is 1. The highest BCUT2D eigenvalue weighted by Gasteiger charge is 2.50. The van der Waals surface area contributed by atoms with Crippen LogP contribution in [0.2, 0.25) is 0 Å². The smallest absolute Gasteiger partial charge is 0.400 e. The van der Waals surface area contributed by atoms with Gasteiger partial charge in [-0.15, -0.1) is 0 Å². The molecule has 0 bridgehead atoms. The Balaban J connectivity index is 1.87. The molecule has 0 spiro atoms. The van der Waals surface area contributed by atoms with E-state index in [0.717, 1.165) is 19.3 Å². The third kappa shape index (κ3) is 8.69. The molecule has 200 valence electrons. The summed E-state index contributed by atoms with van der Waals surface area (Å²) < 4.78 is 31.7. The van der Waals surface area contributed by atoms with Gasteiger partial charge in [0.15, 0.2) is 6.29 Å². The molecule has 1 aromatic carbocycles. The largest absolute Gasteiger partial charge is 0.486 e. The van der Waals surface area contributed by atoms with Crippen molar-refractivity contribution in [1.29, 1.82) is 0 Å². The first-order valence-electron chi connectivity index (χ1n) is 12.7. The van der Waals surface area contributed by atoms with Crippen LogP contribution in [-0.4, -0.2) is 66.9 Å². The van der Waals surface area contributed by atoms with E-state index in [-0.39, 0.29) is 5.91 Å². The van der Waals surface area contributed by atoms with Crippen LogP contribution in [0.1, 0.15) is 88.4 Å². The summed E-state index contributed by atoms with van der Waals surface area (Å²) >= 11 is 0. The van der Waals surface area contributed by atoms with E-state index in [4.69, 9.17) is 13.8 Å². The van der Waals surface area contributed by atoms with Gasteiger partial charge in [-0.2, -0.15) is 0 Å². The van der Waals surface area contributed by atoms with Crippen molar-refractivity contribution in [2.24, 2.45) is 0 Å². The summed E-state index contributed by atoms with van der Waals surface area (Å²) in [7, 11) is -1.66. The van der Waals surface area contributed by atoms with Gasteiger partial charge in [-0.25, -0.2) is 0 Å². The molecule has 0 N–H and O–H groups in total. The number of amides is 1. The average molecular weight is 519 g/mol. The zero-order chi connectivity index (χ0) is 27.2. The molecular formula is C27H43BNO6P. The van der Waals surface area contributed by atoms with E-state index in [2.05, 4.69) is 0 Å². The monoisotopic (exact) mass is 519 g/mol. The minimum Gasteiger partial charge on any atom is -0.400 e. The van der Waals surface area contributed by atoms with Crippen molar-refractivity contribution in [2.45, 2.75) is 84.5 Å². The van der Waals surface area contributed by atoms with Crippen molar-refractivity contribution in [2.75, 3.05) is 25.9 Å². The predicted octanol–water partition coefficient (Wildman–Crippen LogP) is 6.02. The second-order valence-electron chi connectivity index (χ2n) is 11.5. The third-order valence-electron chi connectivity index (χ3n) is 6.55. The first-order valence-corrected chi connectivity index (χ1v) is 14.7. The molecule has 1 amide bonds. The number of hydrogen-bond acceptors (Lipinski definition) is 6. The lowest BCUT2D eigenvalue weighted by atomic mass is 9.90. The lowest BCUT2D eigenvalue weighted by molar-refractivity contribution is 0.00578. The molecule has 0 aromatic heterocycles. The lowest BCUT2D eigenvalue weighted by Gasteiger charge is -2.32. The van der Waals surface area contributed by atoms with E-state index in [1.54, 1.807) is 36.2 Å². The molecule has 1 aliphatic heterocycles. The van der Waals surface area contributed by atoms with Crippen molar-refractivity contribution >= 4 is 26.7 Å². The van der Waals surface area contributed by atoms with Gasteiger partial charge >= 0.3 is 7.12 Å². The van der Waals surface area contributed by atoms with Crippen LogP contribution in [0.3, 0.4) is 0 Å². The minimum atomic E-state index is -2.92. The quantitative estimate of drug-likeness (QED) is 0.145. The number of carbonyl (C=O) groups is 2. The third-order valence-corrected chi connectivity index (χ3v) is 9.19. The Morgan fingerprint density at radius 2 is 1.69 bits per heavy atom. The molecule has 9 heteroatoms. The first-order chi connectivity index (χ1) is 16.6. The molecule has 2 rings (SSSR count). The predicted molar refractivity (Wildman–Crippen MR) is 146 cm³/mol. The fourth-order valence-electron chi connectivity index (χ4n) is 3.95. The normalized spacial score (nSPS) is 18.8. The maximum atomic E-state index is 13.7. The van der Waals surface area contributed by atoms with Gasteiger partial charge < -0.3 is 18.7 Å². The molecule has 1 aromatic rings. The molecule has 0 aliphatic carbocycles. The van der Waals surface area contributed by atoms with Gasteiger partial charge in [-0.05, 0) is 67.4 Å². The van der Waals surface area contributed by atoms with Gasteiger partial charge in [-0.3, -0.25) is 14.2 Å². The number of carbonyl (C=O) groups excluding carboxylic acids is 2. The molecular weight excluding hydrogens is 476 g/mol. The maximum Gasteiger partial charge on any atom is 0.486 e. The van der Waals surface area contributed by atoms with Crippen molar-refractivity contribution in [3.05, 3.63) is 47.4 Å². The Hall–Kier alpha value is -1.73. The fourth-order valence-corrected chi connectivity index (χ4v) is 6.45. The number of benzene rings is 1. The van der Waals surface area contributed by atoms with Crippen LogP contribution in [0.15, 0.2) is 36.3 Å². The number of nitrogens with zero attached hydrogens (tertiary/aromatic N) is 1. The van der Waals surface area contributed by atoms with Crippen LogP contribution in [0, 0.1) is 0 Å². The second-order valence-corrected chi connectivity index (χ2v) is 14.1. The minimum absolute atomic E-state index is 0.174. The summed E-state index contributed by atoms with van der Waals surface area (Å²) in [5, 5.41) is 0. The number of unbranched alkanes of at least 4 members (excludes halogenated alkanes) is 2. The van der Waals surface area contributed by atoms with Gasteiger partial charge in [0.25, 0.3) is 5.91 Å². The molecule has 1 fully saturated rings. The van der Waals surface area contributed by atoms with E-state index in [1.165, 1.54) is 0 Å². The van der Waals surface area contributed by atoms with Crippen LogP contribution in [0.25, 0.3) is 0 Å². The summed E-state index contributed by atoms with van der Waals surface area (Å²) in [6, 6.07) is 6.80. The Kier molecular flexibility index (Phi) is 10.3. The Labute approximate surface area is 217 Å². The van der Waals surface area contributed by atoms with E-state index < -0.39 is 31.3 Å².